The van der Waals surface area contributed by atoms with E-state index in [-0.39, 0.29) is 29.0 Å². The standard InChI is InChI=1S/C31H24F4N2O4/c1-37(2)30(40)26-17-19(18-28(38)41-23-14-12-22(32)13-15-23)7-16-27(26)36-29(39)25-6-4-3-5-24(25)20-8-10-21(11-9-20)31(33,34)35/h3-17H,18H2,1-2H3,(H,36,39). The van der Waals surface area contributed by atoms with Gasteiger partial charge in [-0.25, -0.2) is 4.39 Å². The first-order chi connectivity index (χ1) is 19.4. The molecular weight excluding hydrogens is 540 g/mol. The number of hydrogen-bond acceptors (Lipinski definition) is 4. The fourth-order valence-electron chi connectivity index (χ4n) is 4.03. The van der Waals surface area contributed by atoms with Crippen molar-refractivity contribution in [3.05, 3.63) is 119 Å². The summed E-state index contributed by atoms with van der Waals surface area (Å²) in [4.78, 5) is 40.1. The molecule has 1 N–H and O–H groups in total. The first-order valence-electron chi connectivity index (χ1n) is 12.3. The highest BCUT2D eigenvalue weighted by Gasteiger charge is 2.30. The first-order valence-corrected chi connectivity index (χ1v) is 12.3. The predicted molar refractivity (Wildman–Crippen MR) is 145 cm³/mol. The number of halogens is 4. The normalized spacial score (nSPS) is 11.1. The summed E-state index contributed by atoms with van der Waals surface area (Å²) in [5.74, 6) is -1.98. The molecule has 4 aromatic carbocycles. The van der Waals surface area contributed by atoms with Gasteiger partial charge < -0.3 is 15.0 Å². The largest absolute Gasteiger partial charge is 0.426 e. The van der Waals surface area contributed by atoms with Gasteiger partial charge in [0.1, 0.15) is 11.6 Å². The van der Waals surface area contributed by atoms with Crippen LogP contribution in [0.15, 0.2) is 91.0 Å². The fraction of sp³-hybridized carbons (Fsp3) is 0.129. The number of nitrogens with zero attached hydrogens (tertiary/aromatic N) is 1. The quantitative estimate of drug-likeness (QED) is 0.156. The molecule has 0 unspecified atom stereocenters. The van der Waals surface area contributed by atoms with Crippen LogP contribution in [0.3, 0.4) is 0 Å². The van der Waals surface area contributed by atoms with Crippen molar-refractivity contribution in [2.75, 3.05) is 19.4 Å². The highest BCUT2D eigenvalue weighted by Crippen LogP contribution is 2.32. The minimum Gasteiger partial charge on any atom is -0.426 e. The van der Waals surface area contributed by atoms with Crippen molar-refractivity contribution in [3.63, 3.8) is 0 Å². The van der Waals surface area contributed by atoms with Crippen LogP contribution < -0.4 is 10.1 Å². The average Bonchev–Trinajstić information content (AvgIpc) is 2.94. The highest BCUT2D eigenvalue weighted by molar-refractivity contribution is 6.11. The van der Waals surface area contributed by atoms with E-state index in [9.17, 15) is 31.9 Å². The van der Waals surface area contributed by atoms with Crippen molar-refractivity contribution < 1.29 is 36.7 Å². The van der Waals surface area contributed by atoms with E-state index >= 15 is 0 Å². The van der Waals surface area contributed by atoms with Gasteiger partial charge in [0.15, 0.2) is 0 Å². The molecule has 0 aromatic heterocycles. The molecule has 0 radical (unpaired) electrons. The number of esters is 1. The Kier molecular flexibility index (Phi) is 8.51. The second-order valence-corrected chi connectivity index (χ2v) is 9.26. The molecule has 0 bridgehead atoms. The zero-order chi connectivity index (χ0) is 29.7. The average molecular weight is 565 g/mol. The third-order valence-electron chi connectivity index (χ3n) is 6.06. The third kappa shape index (κ3) is 7.16. The fourth-order valence-corrected chi connectivity index (χ4v) is 4.03. The van der Waals surface area contributed by atoms with Gasteiger partial charge in [0.25, 0.3) is 11.8 Å². The van der Waals surface area contributed by atoms with Gasteiger partial charge in [-0.15, -0.1) is 0 Å². The van der Waals surface area contributed by atoms with Crippen molar-refractivity contribution in [2.45, 2.75) is 12.6 Å². The molecule has 0 aliphatic rings. The summed E-state index contributed by atoms with van der Waals surface area (Å²) >= 11 is 0. The number of carbonyl (C=O) groups is 3. The maximum Gasteiger partial charge on any atom is 0.416 e. The van der Waals surface area contributed by atoms with Gasteiger partial charge in [-0.2, -0.15) is 13.2 Å². The summed E-state index contributed by atoms with van der Waals surface area (Å²) in [6.07, 6.45) is -4.69. The van der Waals surface area contributed by atoms with Gasteiger partial charge in [0.2, 0.25) is 0 Å². The topological polar surface area (TPSA) is 75.7 Å². The van der Waals surface area contributed by atoms with Gasteiger partial charge >= 0.3 is 12.1 Å². The Morgan fingerprint density at radius 2 is 1.49 bits per heavy atom. The van der Waals surface area contributed by atoms with Crippen LogP contribution in [0.4, 0.5) is 23.2 Å². The van der Waals surface area contributed by atoms with Gasteiger partial charge in [-0.3, -0.25) is 14.4 Å². The van der Waals surface area contributed by atoms with Gasteiger partial charge in [0.05, 0.1) is 23.2 Å². The van der Waals surface area contributed by atoms with Gasteiger partial charge in [-0.1, -0.05) is 36.4 Å². The molecule has 0 heterocycles. The smallest absolute Gasteiger partial charge is 0.416 e. The molecule has 0 spiro atoms. The second kappa shape index (κ2) is 12.0. The number of nitrogens with one attached hydrogen (secondary N) is 1. The molecule has 4 rings (SSSR count). The summed E-state index contributed by atoms with van der Waals surface area (Å²) < 4.78 is 57.4. The maximum atomic E-state index is 13.4. The van der Waals surface area contributed by atoms with E-state index in [0.717, 1.165) is 24.3 Å². The second-order valence-electron chi connectivity index (χ2n) is 9.26. The van der Waals surface area contributed by atoms with Crippen molar-refractivity contribution in [1.29, 1.82) is 0 Å². The Bertz CT molecular complexity index is 1580. The molecule has 0 saturated carbocycles. The number of ether oxygens (including phenoxy) is 1. The molecule has 210 valence electrons. The molecule has 4 aromatic rings. The van der Waals surface area contributed by atoms with Crippen molar-refractivity contribution >= 4 is 23.5 Å². The molecular formula is C31H24F4N2O4. The Balaban J connectivity index is 1.58. The Labute approximate surface area is 233 Å². The molecule has 10 heteroatoms. The predicted octanol–water partition coefficient (Wildman–Crippen LogP) is 6.61. The van der Waals surface area contributed by atoms with E-state index < -0.39 is 35.3 Å². The summed E-state index contributed by atoms with van der Waals surface area (Å²) in [7, 11) is 3.06. The lowest BCUT2D eigenvalue weighted by Crippen LogP contribution is -2.24. The summed E-state index contributed by atoms with van der Waals surface area (Å²) in [5, 5.41) is 2.72. The SMILES string of the molecule is CN(C)C(=O)c1cc(CC(=O)Oc2ccc(F)cc2)ccc1NC(=O)c1ccccc1-c1ccc(C(F)(F)F)cc1. The first kappa shape index (κ1) is 29.0. The number of amides is 2. The van der Waals surface area contributed by atoms with E-state index in [1.165, 1.54) is 61.5 Å². The number of anilines is 1. The van der Waals surface area contributed by atoms with Gasteiger partial charge in [-0.05, 0) is 71.3 Å². The Hall–Kier alpha value is -4.99. The van der Waals surface area contributed by atoms with Crippen LogP contribution in [-0.4, -0.2) is 36.8 Å². The van der Waals surface area contributed by atoms with Crippen LogP contribution in [0.5, 0.6) is 5.75 Å². The van der Waals surface area contributed by atoms with Crippen molar-refractivity contribution in [2.24, 2.45) is 0 Å². The minimum absolute atomic E-state index is 0.113. The monoisotopic (exact) mass is 564 g/mol. The van der Waals surface area contributed by atoms with E-state index in [1.54, 1.807) is 24.3 Å². The lowest BCUT2D eigenvalue weighted by molar-refractivity contribution is -0.137. The molecule has 6 nitrogen and oxygen atoms in total. The number of rotatable bonds is 7. The number of hydrogen-bond donors (Lipinski definition) is 1. The zero-order valence-electron chi connectivity index (χ0n) is 22.0. The summed E-state index contributed by atoms with van der Waals surface area (Å²) in [6.45, 7) is 0. The number of benzene rings is 4. The molecule has 0 aliphatic carbocycles. The molecule has 0 saturated heterocycles. The molecule has 0 atom stereocenters. The number of carbonyl (C=O) groups excluding carboxylic acids is 3. The van der Waals surface area contributed by atoms with E-state index in [1.807, 2.05) is 0 Å². The lowest BCUT2D eigenvalue weighted by atomic mass is 9.97. The van der Waals surface area contributed by atoms with E-state index in [0.29, 0.717) is 16.7 Å². The van der Waals surface area contributed by atoms with E-state index in [2.05, 4.69) is 5.32 Å². The van der Waals surface area contributed by atoms with Crippen molar-refractivity contribution in [1.82, 2.24) is 4.90 Å². The maximum absolute atomic E-state index is 13.4. The summed E-state index contributed by atoms with van der Waals surface area (Å²) in [5.41, 5.74) is 0.904. The molecule has 0 fully saturated rings. The number of alkyl halides is 3. The molecule has 0 aliphatic heterocycles. The van der Waals surface area contributed by atoms with Crippen LogP contribution in [0.25, 0.3) is 11.1 Å². The minimum atomic E-state index is -4.49. The highest BCUT2D eigenvalue weighted by atomic mass is 19.4. The Morgan fingerprint density at radius 3 is 2.12 bits per heavy atom. The lowest BCUT2D eigenvalue weighted by Gasteiger charge is -2.17. The van der Waals surface area contributed by atoms with Crippen LogP contribution in [0.2, 0.25) is 0 Å². The van der Waals surface area contributed by atoms with Crippen LogP contribution in [-0.2, 0) is 17.4 Å². The van der Waals surface area contributed by atoms with Crippen molar-refractivity contribution in [3.8, 4) is 16.9 Å². The van der Waals surface area contributed by atoms with Crippen LogP contribution >= 0.6 is 0 Å². The van der Waals surface area contributed by atoms with Gasteiger partial charge in [0, 0.05) is 19.7 Å². The molecule has 41 heavy (non-hydrogen) atoms. The third-order valence-corrected chi connectivity index (χ3v) is 6.06. The van der Waals surface area contributed by atoms with E-state index in [4.69, 9.17) is 4.74 Å². The molecule has 2 amide bonds. The zero-order valence-corrected chi connectivity index (χ0v) is 22.0. The summed E-state index contributed by atoms with van der Waals surface area (Å²) in [6, 6.07) is 20.3. The van der Waals surface area contributed by atoms with Crippen LogP contribution in [0, 0.1) is 5.82 Å². The van der Waals surface area contributed by atoms with Crippen LogP contribution in [0.1, 0.15) is 31.8 Å². The Morgan fingerprint density at radius 1 is 0.829 bits per heavy atom.